The fraction of sp³-hybridized carbons (Fsp3) is 0.710. The number of carbonyl (C=O) groups is 1. The van der Waals surface area contributed by atoms with Crippen LogP contribution in [0, 0.1) is 5.41 Å². The van der Waals surface area contributed by atoms with Crippen molar-refractivity contribution in [1.82, 2.24) is 0 Å². The normalized spacial score (nSPS) is 27.7. The summed E-state index contributed by atoms with van der Waals surface area (Å²) in [4.78, 5) is 13.0. The lowest BCUT2D eigenvalue weighted by atomic mass is 9.85. The molecule has 1 fully saturated rings. The lowest BCUT2D eigenvalue weighted by Gasteiger charge is -2.42. The highest BCUT2D eigenvalue weighted by molar-refractivity contribution is 6.78. The third-order valence-electron chi connectivity index (χ3n) is 8.45. The summed E-state index contributed by atoms with van der Waals surface area (Å²) in [6.07, 6.45) is 14.8. The molecule has 0 radical (unpaired) electrons. The quantitative estimate of drug-likeness (QED) is 0.135. The van der Waals surface area contributed by atoms with E-state index in [-0.39, 0.29) is 16.8 Å². The zero-order valence-electron chi connectivity index (χ0n) is 24.3. The summed E-state index contributed by atoms with van der Waals surface area (Å²) < 4.78 is 12.5. The maximum Gasteiger partial charge on any atom is 0.258 e. The molecule has 0 amide bonds. The number of hydrogen-bond donors (Lipinski definition) is 0. The van der Waals surface area contributed by atoms with Crippen molar-refractivity contribution < 1.29 is 14.0 Å². The Morgan fingerprint density at radius 1 is 1.09 bits per heavy atom. The number of ether oxygens (including phenoxy) is 1. The second-order valence-corrected chi connectivity index (χ2v) is 17.9. The monoisotopic (exact) mass is 500 g/mol. The predicted molar refractivity (Wildman–Crippen MR) is 152 cm³/mol. The minimum absolute atomic E-state index is 0.0985. The van der Waals surface area contributed by atoms with Gasteiger partial charge >= 0.3 is 0 Å². The van der Waals surface area contributed by atoms with E-state index in [1.165, 1.54) is 11.1 Å². The van der Waals surface area contributed by atoms with E-state index in [2.05, 4.69) is 94.0 Å². The highest BCUT2D eigenvalue weighted by Gasteiger charge is 2.50. The second-order valence-electron chi connectivity index (χ2n) is 12.6. The van der Waals surface area contributed by atoms with Crippen LogP contribution < -0.4 is 0 Å². The molecule has 0 bridgehead atoms. The molecular formula is C31H52O3Si. The molecule has 0 aromatic heterocycles. The third-order valence-corrected chi connectivity index (χ3v) is 14.4. The maximum atomic E-state index is 13.0. The average Bonchev–Trinajstić information content (AvgIpc) is 3.33. The highest BCUT2D eigenvalue weighted by atomic mass is 28.4. The van der Waals surface area contributed by atoms with E-state index >= 15 is 0 Å². The first kappa shape index (κ1) is 29.8. The first-order valence-corrected chi connectivity index (χ1v) is 15.9. The van der Waals surface area contributed by atoms with Gasteiger partial charge in [-0.15, -0.1) is 6.58 Å². The topological polar surface area (TPSA) is 38.8 Å². The smallest absolute Gasteiger partial charge is 0.258 e. The minimum Gasteiger partial charge on any atom is -0.541 e. The van der Waals surface area contributed by atoms with Gasteiger partial charge in [-0.25, -0.2) is 0 Å². The van der Waals surface area contributed by atoms with Gasteiger partial charge < -0.3 is 9.16 Å². The van der Waals surface area contributed by atoms with Crippen LogP contribution in [0.2, 0.25) is 16.6 Å². The van der Waals surface area contributed by atoms with Gasteiger partial charge in [-0.1, -0.05) is 77.8 Å². The van der Waals surface area contributed by atoms with Crippen LogP contribution in [0.15, 0.2) is 47.8 Å². The van der Waals surface area contributed by atoms with E-state index < -0.39 is 8.32 Å². The van der Waals surface area contributed by atoms with Crippen molar-refractivity contribution in [2.75, 3.05) is 0 Å². The van der Waals surface area contributed by atoms with Crippen LogP contribution in [0.5, 0.6) is 0 Å². The molecule has 1 aliphatic heterocycles. The Bertz CT molecular complexity index is 841. The van der Waals surface area contributed by atoms with Crippen molar-refractivity contribution in [3.05, 3.63) is 47.8 Å². The summed E-state index contributed by atoms with van der Waals surface area (Å²) in [6, 6.07) is 0. The van der Waals surface area contributed by atoms with Crippen LogP contribution in [-0.4, -0.2) is 25.8 Å². The van der Waals surface area contributed by atoms with Crippen LogP contribution in [-0.2, 0) is 14.0 Å². The number of rotatable bonds is 14. The molecule has 1 aliphatic carbocycles. The van der Waals surface area contributed by atoms with Crippen LogP contribution in [0.4, 0.5) is 0 Å². The molecule has 3 atom stereocenters. The fourth-order valence-electron chi connectivity index (χ4n) is 5.98. The number of Topliss-reactive ketones (excluding diaryl/α,β-unsaturated/α-hetero) is 1. The molecule has 0 saturated carbocycles. The Hall–Kier alpha value is -1.39. The molecule has 0 N–H and O–H groups in total. The molecule has 4 heteroatoms. The Morgan fingerprint density at radius 2 is 1.66 bits per heavy atom. The van der Waals surface area contributed by atoms with E-state index in [0.717, 1.165) is 32.1 Å². The molecule has 1 saturated heterocycles. The maximum absolute atomic E-state index is 13.0. The second kappa shape index (κ2) is 11.8. The van der Waals surface area contributed by atoms with Crippen molar-refractivity contribution in [2.45, 2.75) is 136 Å². The molecule has 2 rings (SSSR count). The number of carbonyl (C=O) groups excluding carboxylic acids is 1. The van der Waals surface area contributed by atoms with Crippen molar-refractivity contribution >= 4 is 14.1 Å². The Morgan fingerprint density at radius 3 is 2.17 bits per heavy atom. The number of allylic oxidation sites excluding steroid dienone is 6. The van der Waals surface area contributed by atoms with E-state index in [1.54, 1.807) is 0 Å². The summed E-state index contributed by atoms with van der Waals surface area (Å²) in [7, 11) is -2.11. The third kappa shape index (κ3) is 7.32. The van der Waals surface area contributed by atoms with Gasteiger partial charge in [-0.05, 0) is 75.6 Å². The lowest BCUT2D eigenvalue weighted by Crippen LogP contribution is -2.47. The van der Waals surface area contributed by atoms with Crippen LogP contribution in [0.25, 0.3) is 0 Å². The van der Waals surface area contributed by atoms with E-state index in [0.29, 0.717) is 34.9 Å². The molecule has 2 aliphatic rings. The first-order chi connectivity index (χ1) is 16.2. The predicted octanol–water partition coefficient (Wildman–Crippen LogP) is 9.23. The van der Waals surface area contributed by atoms with Gasteiger partial charge in [-0.3, -0.25) is 4.79 Å². The van der Waals surface area contributed by atoms with Crippen molar-refractivity contribution in [1.29, 1.82) is 0 Å². The zero-order chi connectivity index (χ0) is 26.6. The van der Waals surface area contributed by atoms with Gasteiger partial charge in [-0.2, -0.15) is 0 Å². The van der Waals surface area contributed by atoms with Crippen molar-refractivity contribution in [3.63, 3.8) is 0 Å². The highest BCUT2D eigenvalue weighted by Crippen LogP contribution is 2.47. The molecule has 0 aromatic carbocycles. The van der Waals surface area contributed by atoms with Crippen molar-refractivity contribution in [2.24, 2.45) is 5.41 Å². The van der Waals surface area contributed by atoms with Gasteiger partial charge in [0.05, 0.1) is 6.10 Å². The Kier molecular flexibility index (Phi) is 10.0. The molecule has 35 heavy (non-hydrogen) atoms. The van der Waals surface area contributed by atoms with Gasteiger partial charge in [0.15, 0.2) is 5.78 Å². The van der Waals surface area contributed by atoms with Crippen LogP contribution >= 0.6 is 0 Å². The fourth-order valence-corrected chi connectivity index (χ4v) is 11.2. The number of epoxide rings is 1. The molecule has 0 aromatic rings. The minimum atomic E-state index is -2.11. The molecule has 198 valence electrons. The standard InChI is InChI=1S/C31H52O3Si/c1-12-31(11)29(33-31)17-16-25(8)14-13-15-26(9)18-19-30(10)20-27(32)28(21-30)34-35(22(2)3,23(4)5)24(6)7/h12,14,18,21-24,29H,1,13,15-17,19-20H2,2-11H3/b25-14+,26-18+/t29-,30-,31-/m0/s1. The molecule has 1 heterocycles. The summed E-state index contributed by atoms with van der Waals surface area (Å²) in [6.45, 7) is 26.2. The summed E-state index contributed by atoms with van der Waals surface area (Å²) in [5, 5.41) is 0. The first-order valence-electron chi connectivity index (χ1n) is 13.8. The van der Waals surface area contributed by atoms with Crippen LogP contribution in [0.1, 0.15) is 108 Å². The molecule has 0 unspecified atom stereocenters. The van der Waals surface area contributed by atoms with Gasteiger partial charge in [0.25, 0.3) is 8.32 Å². The number of ketones is 1. The molecule has 0 spiro atoms. The molecule has 3 nitrogen and oxygen atoms in total. The van der Waals surface area contributed by atoms with Gasteiger partial charge in [0, 0.05) is 11.8 Å². The van der Waals surface area contributed by atoms with E-state index in [1.807, 2.05) is 6.08 Å². The Labute approximate surface area is 217 Å². The van der Waals surface area contributed by atoms with Gasteiger partial charge in [0.2, 0.25) is 0 Å². The summed E-state index contributed by atoms with van der Waals surface area (Å²) in [5.41, 5.74) is 3.97. The average molecular weight is 501 g/mol. The van der Waals surface area contributed by atoms with Crippen molar-refractivity contribution in [3.8, 4) is 0 Å². The Balaban J connectivity index is 1.93. The zero-order valence-corrected chi connectivity index (χ0v) is 25.3. The van der Waals surface area contributed by atoms with E-state index in [9.17, 15) is 4.79 Å². The summed E-state index contributed by atoms with van der Waals surface area (Å²) in [5.74, 6) is 0.829. The lowest BCUT2D eigenvalue weighted by molar-refractivity contribution is -0.117. The van der Waals surface area contributed by atoms with Crippen LogP contribution in [0.3, 0.4) is 0 Å². The number of hydrogen-bond acceptors (Lipinski definition) is 3. The van der Waals surface area contributed by atoms with Gasteiger partial charge in [0.1, 0.15) is 11.4 Å². The summed E-state index contributed by atoms with van der Waals surface area (Å²) >= 11 is 0. The largest absolute Gasteiger partial charge is 0.541 e. The van der Waals surface area contributed by atoms with E-state index in [4.69, 9.17) is 9.16 Å². The SMILES string of the molecule is C=C[C@]1(C)O[C@H]1CC/C(C)=C/CC/C(C)=C/C[C@]1(C)C=C(O[Si](C(C)C)(C(C)C)C(C)C)C(=O)C1. The molecular weight excluding hydrogens is 448 g/mol.